The van der Waals surface area contributed by atoms with Gasteiger partial charge in [-0.15, -0.1) is 0 Å². The highest BCUT2D eigenvalue weighted by atomic mass is 19.1. The van der Waals surface area contributed by atoms with Crippen molar-refractivity contribution in [1.29, 1.82) is 0 Å². The van der Waals surface area contributed by atoms with Gasteiger partial charge in [-0.25, -0.2) is 4.39 Å². The average molecular weight is 381 g/mol. The highest BCUT2D eigenvalue weighted by Crippen LogP contribution is 2.24. The van der Waals surface area contributed by atoms with Crippen LogP contribution in [0.4, 0.5) is 4.39 Å². The van der Waals surface area contributed by atoms with Gasteiger partial charge in [-0.3, -0.25) is 14.7 Å². The number of nitrogens with one attached hydrogen (secondary N) is 3. The molecular formula is C21H24FN5O. The van der Waals surface area contributed by atoms with Crippen molar-refractivity contribution >= 4 is 16.8 Å². The Morgan fingerprint density at radius 2 is 2.25 bits per heavy atom. The number of aryl methyl sites for hydroxylation is 1. The zero-order valence-corrected chi connectivity index (χ0v) is 15.8. The van der Waals surface area contributed by atoms with Crippen LogP contribution in [-0.4, -0.2) is 46.5 Å². The standard InChI is InChI=1S/C21H24FN5O/c1-14-17-10-15(22)5-6-18(17)26-19(14)12-27-9-8-24-20(13-27)21(28)25-11-16-4-2-3-7-23-16/h2-7,10,20,24,26H,8-9,11-13H2,1H3,(H,25,28)/t20-/m0/s1. The van der Waals surface area contributed by atoms with E-state index in [4.69, 9.17) is 0 Å². The minimum atomic E-state index is -0.264. The first-order chi connectivity index (χ1) is 13.6. The summed E-state index contributed by atoms with van der Waals surface area (Å²) in [6, 6.07) is 10.2. The van der Waals surface area contributed by atoms with Crippen LogP contribution in [0.15, 0.2) is 42.6 Å². The van der Waals surface area contributed by atoms with Crippen molar-refractivity contribution in [3.8, 4) is 0 Å². The summed E-state index contributed by atoms with van der Waals surface area (Å²) in [6.45, 7) is 5.35. The van der Waals surface area contributed by atoms with Crippen molar-refractivity contribution in [2.24, 2.45) is 0 Å². The second-order valence-corrected chi connectivity index (χ2v) is 7.20. The van der Waals surface area contributed by atoms with Gasteiger partial charge in [0.05, 0.1) is 18.3 Å². The van der Waals surface area contributed by atoms with Crippen molar-refractivity contribution in [2.45, 2.75) is 26.1 Å². The molecule has 3 N–H and O–H groups in total. The Hall–Kier alpha value is -2.77. The molecule has 4 rings (SSSR count). The first-order valence-corrected chi connectivity index (χ1v) is 9.50. The lowest BCUT2D eigenvalue weighted by atomic mass is 10.1. The Morgan fingerprint density at radius 1 is 1.36 bits per heavy atom. The average Bonchev–Trinajstić information content (AvgIpc) is 3.02. The number of aromatic nitrogens is 2. The molecule has 0 radical (unpaired) electrons. The van der Waals surface area contributed by atoms with Crippen LogP contribution >= 0.6 is 0 Å². The van der Waals surface area contributed by atoms with Crippen LogP contribution < -0.4 is 10.6 Å². The van der Waals surface area contributed by atoms with Gasteiger partial charge in [0, 0.05) is 49.0 Å². The smallest absolute Gasteiger partial charge is 0.238 e. The summed E-state index contributed by atoms with van der Waals surface area (Å²) in [7, 11) is 0. The van der Waals surface area contributed by atoms with E-state index in [9.17, 15) is 9.18 Å². The molecule has 1 aromatic carbocycles. The van der Waals surface area contributed by atoms with E-state index in [-0.39, 0.29) is 17.8 Å². The van der Waals surface area contributed by atoms with Crippen LogP contribution in [0.1, 0.15) is 17.0 Å². The van der Waals surface area contributed by atoms with Gasteiger partial charge in [-0.1, -0.05) is 6.07 Å². The van der Waals surface area contributed by atoms with Crippen LogP contribution in [-0.2, 0) is 17.9 Å². The molecule has 0 unspecified atom stereocenters. The number of rotatable bonds is 5. The maximum Gasteiger partial charge on any atom is 0.238 e. The SMILES string of the molecule is Cc1c(CN2CCN[C@H](C(=O)NCc3ccccn3)C2)[nH]c2ccc(F)cc12. The van der Waals surface area contributed by atoms with E-state index >= 15 is 0 Å². The Morgan fingerprint density at radius 3 is 3.07 bits per heavy atom. The van der Waals surface area contributed by atoms with Crippen molar-refractivity contribution in [3.63, 3.8) is 0 Å². The highest BCUT2D eigenvalue weighted by Gasteiger charge is 2.26. The third-order valence-electron chi connectivity index (χ3n) is 5.25. The molecule has 7 heteroatoms. The first kappa shape index (κ1) is 18.6. The normalized spacial score (nSPS) is 17.7. The zero-order valence-electron chi connectivity index (χ0n) is 15.8. The summed E-state index contributed by atoms with van der Waals surface area (Å²) < 4.78 is 13.5. The van der Waals surface area contributed by atoms with Gasteiger partial charge in [0.1, 0.15) is 5.82 Å². The molecule has 3 heterocycles. The topological polar surface area (TPSA) is 73.1 Å². The summed E-state index contributed by atoms with van der Waals surface area (Å²) in [5.41, 5.74) is 3.90. The molecular weight excluding hydrogens is 357 g/mol. The molecule has 1 fully saturated rings. The summed E-state index contributed by atoms with van der Waals surface area (Å²) in [4.78, 5) is 22.4. The Balaban J connectivity index is 1.38. The van der Waals surface area contributed by atoms with E-state index in [2.05, 4.69) is 25.5 Å². The van der Waals surface area contributed by atoms with Gasteiger partial charge < -0.3 is 15.6 Å². The largest absolute Gasteiger partial charge is 0.357 e. The number of nitrogens with zero attached hydrogens (tertiary/aromatic N) is 2. The number of hydrogen-bond donors (Lipinski definition) is 3. The molecule has 0 aliphatic carbocycles. The monoisotopic (exact) mass is 381 g/mol. The van der Waals surface area contributed by atoms with E-state index in [0.29, 0.717) is 19.6 Å². The minimum absolute atomic E-state index is 0.0224. The van der Waals surface area contributed by atoms with E-state index in [1.165, 1.54) is 6.07 Å². The van der Waals surface area contributed by atoms with Gasteiger partial charge in [-0.05, 0) is 42.8 Å². The van der Waals surface area contributed by atoms with Crippen molar-refractivity contribution in [3.05, 3.63) is 65.4 Å². The Kier molecular flexibility index (Phi) is 5.36. The fourth-order valence-corrected chi connectivity index (χ4v) is 3.67. The number of carbonyl (C=O) groups excluding carboxylic acids is 1. The molecule has 2 aromatic heterocycles. The Bertz CT molecular complexity index is 972. The molecule has 1 aliphatic rings. The van der Waals surface area contributed by atoms with Crippen LogP contribution in [0, 0.1) is 12.7 Å². The number of carbonyl (C=O) groups is 1. The molecule has 146 valence electrons. The van der Waals surface area contributed by atoms with Gasteiger partial charge in [0.25, 0.3) is 0 Å². The fourth-order valence-electron chi connectivity index (χ4n) is 3.67. The number of H-pyrrole nitrogens is 1. The van der Waals surface area contributed by atoms with Crippen LogP contribution in [0.5, 0.6) is 0 Å². The van der Waals surface area contributed by atoms with E-state index in [1.54, 1.807) is 18.3 Å². The predicted molar refractivity (Wildman–Crippen MR) is 106 cm³/mol. The summed E-state index contributed by atoms with van der Waals surface area (Å²) >= 11 is 0. The van der Waals surface area contributed by atoms with Crippen LogP contribution in [0.2, 0.25) is 0 Å². The lowest BCUT2D eigenvalue weighted by molar-refractivity contribution is -0.124. The molecule has 28 heavy (non-hydrogen) atoms. The molecule has 0 saturated carbocycles. The van der Waals surface area contributed by atoms with E-state index in [1.807, 2.05) is 25.1 Å². The molecule has 0 spiro atoms. The number of fused-ring (bicyclic) bond motifs is 1. The van der Waals surface area contributed by atoms with Gasteiger partial charge in [0.15, 0.2) is 0 Å². The summed E-state index contributed by atoms with van der Waals surface area (Å²) in [5, 5.41) is 7.15. The number of pyridine rings is 1. The molecule has 1 atom stereocenters. The predicted octanol–water partition coefficient (Wildman–Crippen LogP) is 2.10. The van der Waals surface area contributed by atoms with Crippen molar-refractivity contribution in [1.82, 2.24) is 25.5 Å². The lowest BCUT2D eigenvalue weighted by Crippen LogP contribution is -2.56. The van der Waals surface area contributed by atoms with E-state index < -0.39 is 0 Å². The summed E-state index contributed by atoms with van der Waals surface area (Å²) in [5.74, 6) is -0.251. The summed E-state index contributed by atoms with van der Waals surface area (Å²) in [6.07, 6.45) is 1.72. The maximum atomic E-state index is 13.5. The van der Waals surface area contributed by atoms with Gasteiger partial charge in [-0.2, -0.15) is 0 Å². The fraction of sp³-hybridized carbons (Fsp3) is 0.333. The first-order valence-electron chi connectivity index (χ1n) is 9.50. The maximum absolute atomic E-state index is 13.5. The molecule has 0 bridgehead atoms. The Labute approximate surface area is 163 Å². The third kappa shape index (κ3) is 4.05. The number of halogens is 1. The lowest BCUT2D eigenvalue weighted by Gasteiger charge is -2.32. The van der Waals surface area contributed by atoms with Crippen molar-refractivity contribution in [2.75, 3.05) is 19.6 Å². The second kappa shape index (κ2) is 8.08. The highest BCUT2D eigenvalue weighted by molar-refractivity contribution is 5.84. The quantitative estimate of drug-likeness (QED) is 0.633. The molecule has 1 saturated heterocycles. The van der Waals surface area contributed by atoms with Gasteiger partial charge in [0.2, 0.25) is 5.91 Å². The number of hydrogen-bond acceptors (Lipinski definition) is 4. The molecule has 1 aliphatic heterocycles. The number of aromatic amines is 1. The third-order valence-corrected chi connectivity index (χ3v) is 5.25. The van der Waals surface area contributed by atoms with Gasteiger partial charge >= 0.3 is 0 Å². The second-order valence-electron chi connectivity index (χ2n) is 7.20. The van der Waals surface area contributed by atoms with Crippen LogP contribution in [0.3, 0.4) is 0 Å². The van der Waals surface area contributed by atoms with Crippen LogP contribution in [0.25, 0.3) is 10.9 Å². The molecule has 1 amide bonds. The minimum Gasteiger partial charge on any atom is -0.357 e. The molecule has 6 nitrogen and oxygen atoms in total. The number of amides is 1. The number of piperazine rings is 1. The van der Waals surface area contributed by atoms with E-state index in [0.717, 1.165) is 40.9 Å². The zero-order chi connectivity index (χ0) is 19.5. The molecule has 3 aromatic rings. The van der Waals surface area contributed by atoms with Crippen molar-refractivity contribution < 1.29 is 9.18 Å². The number of benzene rings is 1.